The molecule has 0 aliphatic carbocycles. The quantitative estimate of drug-likeness (QED) is 0.757. The van der Waals surface area contributed by atoms with E-state index in [0.717, 1.165) is 12.1 Å². The number of ether oxygens (including phenoxy) is 1. The third-order valence-corrected chi connectivity index (χ3v) is 4.17. The summed E-state index contributed by atoms with van der Waals surface area (Å²) in [6.07, 6.45) is 0.0619. The van der Waals surface area contributed by atoms with Crippen molar-refractivity contribution >= 4 is 16.0 Å². The molecule has 0 amide bonds. The fourth-order valence-electron chi connectivity index (χ4n) is 1.79. The molecular formula is C13H17F2NO5S. The molecule has 0 bridgehead atoms. The van der Waals surface area contributed by atoms with E-state index in [1.165, 1.54) is 12.1 Å². The Morgan fingerprint density at radius 2 is 1.91 bits per heavy atom. The molecule has 0 saturated heterocycles. The zero-order chi connectivity index (χ0) is 16.9. The number of halogens is 2. The summed E-state index contributed by atoms with van der Waals surface area (Å²) in [7, 11) is -4.32. The van der Waals surface area contributed by atoms with Gasteiger partial charge in [-0.05, 0) is 24.5 Å². The van der Waals surface area contributed by atoms with E-state index in [9.17, 15) is 22.0 Å². The minimum atomic E-state index is -4.32. The van der Waals surface area contributed by atoms with Crippen LogP contribution in [0.5, 0.6) is 5.75 Å². The summed E-state index contributed by atoms with van der Waals surface area (Å²) in [5.74, 6) is -1.96. The van der Waals surface area contributed by atoms with Crippen LogP contribution in [0.2, 0.25) is 0 Å². The van der Waals surface area contributed by atoms with Gasteiger partial charge in [0.2, 0.25) is 10.0 Å². The molecule has 22 heavy (non-hydrogen) atoms. The number of alkyl halides is 2. The predicted molar refractivity (Wildman–Crippen MR) is 74.3 cm³/mol. The van der Waals surface area contributed by atoms with E-state index in [0.29, 0.717) is 0 Å². The molecule has 1 aromatic carbocycles. The Kier molecular flexibility index (Phi) is 6.24. The molecular weight excluding hydrogens is 320 g/mol. The molecule has 0 unspecified atom stereocenters. The highest BCUT2D eigenvalue weighted by Crippen LogP contribution is 2.25. The Morgan fingerprint density at radius 1 is 1.32 bits per heavy atom. The van der Waals surface area contributed by atoms with E-state index in [2.05, 4.69) is 4.74 Å². The maximum absolute atomic E-state index is 12.3. The van der Waals surface area contributed by atoms with Crippen LogP contribution in [0.1, 0.15) is 20.3 Å². The molecule has 2 N–H and O–H groups in total. The highest BCUT2D eigenvalue weighted by molar-refractivity contribution is 7.89. The number of rotatable bonds is 8. The third-order valence-electron chi connectivity index (χ3n) is 2.66. The summed E-state index contributed by atoms with van der Waals surface area (Å²) in [5, 5.41) is 9.07. The van der Waals surface area contributed by atoms with Crippen molar-refractivity contribution in [3.63, 3.8) is 0 Å². The standard InChI is InChI=1S/C13H17F2NO5S/c1-8(2)7-9(12(17)18)16-22(19,20)11-6-4-3-5-10(11)21-13(14)15/h3-6,8-9,13,16H,7H2,1-2H3,(H,17,18)/t9-/m0/s1. The Hall–Kier alpha value is -1.74. The summed E-state index contributed by atoms with van der Waals surface area (Å²) >= 11 is 0. The molecule has 0 aromatic heterocycles. The average Bonchev–Trinajstić information content (AvgIpc) is 2.36. The Labute approximate surface area is 127 Å². The smallest absolute Gasteiger partial charge is 0.387 e. The van der Waals surface area contributed by atoms with Crippen molar-refractivity contribution < 1.29 is 31.8 Å². The van der Waals surface area contributed by atoms with E-state index in [-0.39, 0.29) is 12.3 Å². The summed E-state index contributed by atoms with van der Waals surface area (Å²) in [5.41, 5.74) is 0. The lowest BCUT2D eigenvalue weighted by molar-refractivity contribution is -0.139. The predicted octanol–water partition coefficient (Wildman–Crippen LogP) is 2.07. The minimum Gasteiger partial charge on any atom is -0.480 e. The molecule has 0 spiro atoms. The molecule has 1 rings (SSSR count). The molecule has 1 atom stereocenters. The molecule has 0 aliphatic rings. The maximum atomic E-state index is 12.3. The van der Waals surface area contributed by atoms with Crippen LogP contribution in [0.4, 0.5) is 8.78 Å². The van der Waals surface area contributed by atoms with Gasteiger partial charge in [-0.3, -0.25) is 4.79 Å². The molecule has 0 heterocycles. The first-order valence-electron chi connectivity index (χ1n) is 6.42. The van der Waals surface area contributed by atoms with Gasteiger partial charge in [0.1, 0.15) is 16.7 Å². The van der Waals surface area contributed by atoms with E-state index in [1.54, 1.807) is 13.8 Å². The van der Waals surface area contributed by atoms with Crippen molar-refractivity contribution in [3.05, 3.63) is 24.3 Å². The number of benzene rings is 1. The van der Waals surface area contributed by atoms with Gasteiger partial charge in [-0.2, -0.15) is 13.5 Å². The molecule has 0 fully saturated rings. The zero-order valence-corrected chi connectivity index (χ0v) is 12.8. The summed E-state index contributed by atoms with van der Waals surface area (Å²) in [6.45, 7) is 0.276. The minimum absolute atomic E-state index is 0.0619. The van der Waals surface area contributed by atoms with Crippen LogP contribution in [0.3, 0.4) is 0 Å². The van der Waals surface area contributed by atoms with Gasteiger partial charge in [0, 0.05) is 0 Å². The number of aliphatic carboxylic acids is 1. The third kappa shape index (κ3) is 5.23. The van der Waals surface area contributed by atoms with Gasteiger partial charge in [-0.25, -0.2) is 8.42 Å². The number of carboxylic acid groups (broad SMARTS) is 1. The highest BCUT2D eigenvalue weighted by Gasteiger charge is 2.28. The summed E-state index contributed by atoms with van der Waals surface area (Å²) in [4.78, 5) is 10.6. The van der Waals surface area contributed by atoms with Crippen LogP contribution in [0.15, 0.2) is 29.2 Å². The summed E-state index contributed by atoms with van der Waals surface area (Å²) < 4.78 is 55.3. The molecule has 1 aromatic rings. The van der Waals surface area contributed by atoms with Gasteiger partial charge in [-0.1, -0.05) is 26.0 Å². The normalized spacial score (nSPS) is 13.4. The fourth-order valence-corrected chi connectivity index (χ4v) is 3.12. The van der Waals surface area contributed by atoms with Crippen molar-refractivity contribution in [2.24, 2.45) is 5.92 Å². The van der Waals surface area contributed by atoms with Crippen LogP contribution >= 0.6 is 0 Å². The second kappa shape index (κ2) is 7.50. The van der Waals surface area contributed by atoms with Crippen LogP contribution in [-0.2, 0) is 14.8 Å². The lowest BCUT2D eigenvalue weighted by Crippen LogP contribution is -2.41. The first-order chi connectivity index (χ1) is 10.1. The second-order valence-electron chi connectivity index (χ2n) is 4.97. The van der Waals surface area contributed by atoms with Crippen molar-refractivity contribution in [1.29, 1.82) is 0 Å². The Balaban J connectivity index is 3.10. The highest BCUT2D eigenvalue weighted by atomic mass is 32.2. The maximum Gasteiger partial charge on any atom is 0.387 e. The van der Waals surface area contributed by atoms with Gasteiger partial charge in [0.15, 0.2) is 0 Å². The van der Waals surface area contributed by atoms with E-state index in [1.807, 2.05) is 4.72 Å². The van der Waals surface area contributed by atoms with Gasteiger partial charge in [0.25, 0.3) is 0 Å². The molecule has 0 aliphatic heterocycles. The number of hydrogen-bond acceptors (Lipinski definition) is 4. The number of sulfonamides is 1. The summed E-state index contributed by atoms with van der Waals surface area (Å²) in [6, 6.07) is 3.43. The zero-order valence-electron chi connectivity index (χ0n) is 12.0. The van der Waals surface area contributed by atoms with Crippen LogP contribution < -0.4 is 9.46 Å². The molecule has 9 heteroatoms. The average molecular weight is 337 g/mol. The fraction of sp³-hybridized carbons (Fsp3) is 0.462. The lowest BCUT2D eigenvalue weighted by atomic mass is 10.1. The van der Waals surface area contributed by atoms with Crippen molar-refractivity contribution in [3.8, 4) is 5.75 Å². The number of carbonyl (C=O) groups is 1. The monoisotopic (exact) mass is 337 g/mol. The van der Waals surface area contributed by atoms with Crippen molar-refractivity contribution in [2.75, 3.05) is 0 Å². The van der Waals surface area contributed by atoms with E-state index in [4.69, 9.17) is 5.11 Å². The van der Waals surface area contributed by atoms with Gasteiger partial charge in [0.05, 0.1) is 0 Å². The molecule has 6 nitrogen and oxygen atoms in total. The van der Waals surface area contributed by atoms with Crippen LogP contribution in [0, 0.1) is 5.92 Å². The topological polar surface area (TPSA) is 92.7 Å². The van der Waals surface area contributed by atoms with E-state index < -0.39 is 39.3 Å². The molecule has 0 saturated carbocycles. The molecule has 124 valence electrons. The van der Waals surface area contributed by atoms with Crippen LogP contribution in [0.25, 0.3) is 0 Å². The van der Waals surface area contributed by atoms with Gasteiger partial charge in [-0.15, -0.1) is 0 Å². The van der Waals surface area contributed by atoms with E-state index >= 15 is 0 Å². The second-order valence-corrected chi connectivity index (χ2v) is 6.65. The number of para-hydroxylation sites is 1. The van der Waals surface area contributed by atoms with Crippen molar-refractivity contribution in [2.45, 2.75) is 37.8 Å². The first-order valence-corrected chi connectivity index (χ1v) is 7.90. The lowest BCUT2D eigenvalue weighted by Gasteiger charge is -2.18. The SMILES string of the molecule is CC(C)C[C@H](NS(=O)(=O)c1ccccc1OC(F)F)C(=O)O. The number of nitrogens with one attached hydrogen (secondary N) is 1. The van der Waals surface area contributed by atoms with Gasteiger partial charge >= 0.3 is 12.6 Å². The number of hydrogen-bond donors (Lipinski definition) is 2. The number of carboxylic acids is 1. The first kappa shape index (κ1) is 18.3. The largest absolute Gasteiger partial charge is 0.480 e. The Morgan fingerprint density at radius 3 is 2.41 bits per heavy atom. The Bertz CT molecular complexity index is 619. The van der Waals surface area contributed by atoms with Crippen LogP contribution in [-0.4, -0.2) is 32.1 Å². The molecule has 0 radical (unpaired) electrons. The van der Waals surface area contributed by atoms with Crippen molar-refractivity contribution in [1.82, 2.24) is 4.72 Å². The van der Waals surface area contributed by atoms with Gasteiger partial charge < -0.3 is 9.84 Å².